The molecule has 1 saturated heterocycles. The van der Waals surface area contributed by atoms with Gasteiger partial charge in [-0.05, 0) is 61.1 Å². The Balaban J connectivity index is 1.65. The predicted octanol–water partition coefficient (Wildman–Crippen LogP) is 4.61. The molecule has 3 aromatic rings. The number of thiocarbonyl (C=S) groups is 1. The van der Waals surface area contributed by atoms with Gasteiger partial charge in [-0.15, -0.1) is 0 Å². The Morgan fingerprint density at radius 3 is 2.81 bits per heavy atom. The summed E-state index contributed by atoms with van der Waals surface area (Å²) in [5.41, 5.74) is 2.05. The Bertz CT molecular complexity index is 1080. The van der Waals surface area contributed by atoms with Crippen LogP contribution in [0, 0.1) is 0 Å². The van der Waals surface area contributed by atoms with Crippen molar-refractivity contribution in [2.75, 3.05) is 11.5 Å². The first-order chi connectivity index (χ1) is 13.0. The van der Waals surface area contributed by atoms with Crippen LogP contribution in [0.5, 0.6) is 5.75 Å². The van der Waals surface area contributed by atoms with Gasteiger partial charge >= 0.3 is 0 Å². The number of hydrogen-bond acceptors (Lipinski definition) is 5. The molecular formula is C19H14ClN3O2S2. The number of fused-ring (bicyclic) bond motifs is 1. The van der Waals surface area contributed by atoms with Gasteiger partial charge in [-0.3, -0.25) is 4.79 Å². The maximum atomic E-state index is 12.9. The van der Waals surface area contributed by atoms with E-state index in [2.05, 4.69) is 10.3 Å². The second-order valence-electron chi connectivity index (χ2n) is 5.74. The lowest BCUT2D eigenvalue weighted by atomic mass is 10.2. The van der Waals surface area contributed by atoms with Crippen LogP contribution in [0.4, 0.5) is 5.13 Å². The maximum absolute atomic E-state index is 12.9. The molecule has 1 N–H and O–H groups in total. The lowest BCUT2D eigenvalue weighted by molar-refractivity contribution is -0.113. The Morgan fingerprint density at radius 1 is 1.30 bits per heavy atom. The molecule has 0 radical (unpaired) electrons. The van der Waals surface area contributed by atoms with E-state index in [1.807, 2.05) is 37.3 Å². The highest BCUT2D eigenvalue weighted by molar-refractivity contribution is 7.80. The number of carbonyl (C=O) groups is 1. The van der Waals surface area contributed by atoms with Crippen molar-refractivity contribution in [2.24, 2.45) is 0 Å². The molecule has 0 atom stereocenters. The number of aromatic nitrogens is 1. The molecular weight excluding hydrogens is 402 g/mol. The molecule has 2 aromatic carbocycles. The second-order valence-corrected chi connectivity index (χ2v) is 7.57. The summed E-state index contributed by atoms with van der Waals surface area (Å²) >= 11 is 12.7. The summed E-state index contributed by atoms with van der Waals surface area (Å²) in [4.78, 5) is 18.8. The van der Waals surface area contributed by atoms with Gasteiger partial charge in [0.25, 0.3) is 5.91 Å². The fourth-order valence-corrected chi connectivity index (χ4v) is 4.14. The van der Waals surface area contributed by atoms with Crippen molar-refractivity contribution in [3.8, 4) is 5.75 Å². The second kappa shape index (κ2) is 7.26. The van der Waals surface area contributed by atoms with Crippen LogP contribution in [0.15, 0.2) is 48.2 Å². The average molecular weight is 416 g/mol. The summed E-state index contributed by atoms with van der Waals surface area (Å²) in [7, 11) is 0. The van der Waals surface area contributed by atoms with Gasteiger partial charge in [0.1, 0.15) is 11.4 Å². The van der Waals surface area contributed by atoms with Crippen LogP contribution >= 0.6 is 35.2 Å². The monoisotopic (exact) mass is 415 g/mol. The van der Waals surface area contributed by atoms with E-state index in [0.29, 0.717) is 27.6 Å². The molecule has 1 aromatic heterocycles. The van der Waals surface area contributed by atoms with Crippen molar-refractivity contribution in [3.05, 3.63) is 58.7 Å². The largest absolute Gasteiger partial charge is 0.494 e. The fourth-order valence-electron chi connectivity index (χ4n) is 2.68. The van der Waals surface area contributed by atoms with Gasteiger partial charge in [0.15, 0.2) is 10.2 Å². The normalized spacial score (nSPS) is 15.6. The Hall–Kier alpha value is -2.48. The van der Waals surface area contributed by atoms with Crippen LogP contribution in [0.25, 0.3) is 16.3 Å². The van der Waals surface area contributed by atoms with E-state index in [4.69, 9.17) is 28.6 Å². The van der Waals surface area contributed by atoms with Gasteiger partial charge in [-0.25, -0.2) is 9.88 Å². The van der Waals surface area contributed by atoms with Gasteiger partial charge < -0.3 is 10.1 Å². The highest BCUT2D eigenvalue weighted by Crippen LogP contribution is 2.33. The molecule has 136 valence electrons. The van der Waals surface area contributed by atoms with E-state index in [9.17, 15) is 4.79 Å². The van der Waals surface area contributed by atoms with Crippen LogP contribution in [-0.4, -0.2) is 22.6 Å². The van der Waals surface area contributed by atoms with Gasteiger partial charge in [-0.2, -0.15) is 0 Å². The summed E-state index contributed by atoms with van der Waals surface area (Å²) in [6.45, 7) is 2.53. The molecule has 0 unspecified atom stereocenters. The molecule has 27 heavy (non-hydrogen) atoms. The Morgan fingerprint density at radius 2 is 2.07 bits per heavy atom. The fraction of sp³-hybridized carbons (Fsp3) is 0.105. The molecule has 1 amide bonds. The molecule has 1 fully saturated rings. The van der Waals surface area contributed by atoms with E-state index < -0.39 is 0 Å². The number of thiazole rings is 1. The summed E-state index contributed by atoms with van der Waals surface area (Å²) in [5.74, 6) is 0.538. The highest BCUT2D eigenvalue weighted by atomic mass is 35.5. The number of hydrogen-bond donors (Lipinski definition) is 1. The first-order valence-electron chi connectivity index (χ1n) is 8.21. The van der Waals surface area contributed by atoms with Gasteiger partial charge in [-0.1, -0.05) is 35.1 Å². The third-order valence-corrected chi connectivity index (χ3v) is 5.45. The van der Waals surface area contributed by atoms with Crippen LogP contribution in [0.2, 0.25) is 5.02 Å². The van der Waals surface area contributed by atoms with E-state index >= 15 is 0 Å². The lowest BCUT2D eigenvalue weighted by Gasteiger charge is -2.08. The number of halogens is 1. The summed E-state index contributed by atoms with van der Waals surface area (Å²) in [6, 6.07) is 12.9. The van der Waals surface area contributed by atoms with Crippen molar-refractivity contribution in [1.82, 2.24) is 10.3 Å². The minimum atomic E-state index is -0.237. The number of anilines is 1. The number of benzene rings is 2. The smallest absolute Gasteiger partial charge is 0.282 e. The molecule has 2 heterocycles. The van der Waals surface area contributed by atoms with Crippen molar-refractivity contribution >= 4 is 67.6 Å². The zero-order valence-electron chi connectivity index (χ0n) is 14.2. The van der Waals surface area contributed by atoms with E-state index in [1.54, 1.807) is 18.2 Å². The van der Waals surface area contributed by atoms with Crippen LogP contribution in [0.1, 0.15) is 12.5 Å². The first-order valence-corrected chi connectivity index (χ1v) is 9.81. The van der Waals surface area contributed by atoms with Crippen LogP contribution in [-0.2, 0) is 4.79 Å². The predicted molar refractivity (Wildman–Crippen MR) is 113 cm³/mol. The van der Waals surface area contributed by atoms with Crippen LogP contribution in [0.3, 0.4) is 0 Å². The van der Waals surface area contributed by atoms with Gasteiger partial charge in [0.05, 0.1) is 16.8 Å². The standard InChI is InChI=1S/C19H14ClN3O2S2/c1-2-25-13-7-8-14-16(10-13)27-19(22-14)23-17(24)15(21-18(23)26)9-11-3-5-12(20)6-4-11/h3-10H,2H2,1H3,(H,21,26). The highest BCUT2D eigenvalue weighted by Gasteiger charge is 2.34. The third kappa shape index (κ3) is 3.53. The van der Waals surface area contributed by atoms with Crippen molar-refractivity contribution in [1.29, 1.82) is 0 Å². The van der Waals surface area contributed by atoms with E-state index in [0.717, 1.165) is 21.5 Å². The number of ether oxygens (including phenoxy) is 1. The number of amides is 1. The SMILES string of the molecule is CCOc1ccc2nc(N3C(=O)C(=Cc4ccc(Cl)cc4)NC3=S)sc2c1. The summed E-state index contributed by atoms with van der Waals surface area (Å²) in [5, 5.41) is 4.45. The van der Waals surface area contributed by atoms with E-state index in [1.165, 1.54) is 16.2 Å². The molecule has 5 nitrogen and oxygen atoms in total. The molecule has 1 aliphatic heterocycles. The van der Waals surface area contributed by atoms with Gasteiger partial charge in [0.2, 0.25) is 0 Å². The minimum absolute atomic E-state index is 0.237. The number of rotatable bonds is 4. The summed E-state index contributed by atoms with van der Waals surface area (Å²) < 4.78 is 6.46. The van der Waals surface area contributed by atoms with Crippen molar-refractivity contribution < 1.29 is 9.53 Å². The molecule has 8 heteroatoms. The topological polar surface area (TPSA) is 54.5 Å². The molecule has 1 aliphatic rings. The summed E-state index contributed by atoms with van der Waals surface area (Å²) in [6.07, 6.45) is 1.74. The molecule has 0 aliphatic carbocycles. The number of nitrogens with zero attached hydrogens (tertiary/aromatic N) is 2. The van der Waals surface area contributed by atoms with E-state index in [-0.39, 0.29) is 5.91 Å². The Labute approximate surface area is 170 Å². The maximum Gasteiger partial charge on any atom is 0.282 e. The Kier molecular flexibility index (Phi) is 4.82. The van der Waals surface area contributed by atoms with Crippen LogP contribution < -0.4 is 15.0 Å². The quantitative estimate of drug-likeness (QED) is 0.498. The number of nitrogens with one attached hydrogen (secondary N) is 1. The molecule has 4 rings (SSSR count). The third-order valence-electron chi connectivity index (χ3n) is 3.91. The van der Waals surface area contributed by atoms with Gasteiger partial charge in [0, 0.05) is 5.02 Å². The zero-order chi connectivity index (χ0) is 19.0. The first kappa shape index (κ1) is 17.9. The van der Waals surface area contributed by atoms with Crippen molar-refractivity contribution in [3.63, 3.8) is 0 Å². The minimum Gasteiger partial charge on any atom is -0.494 e. The number of carbonyl (C=O) groups excluding carboxylic acids is 1. The molecule has 0 spiro atoms. The molecule has 0 bridgehead atoms. The molecule has 0 saturated carbocycles. The lowest BCUT2D eigenvalue weighted by Crippen LogP contribution is -2.30. The average Bonchev–Trinajstić information content (AvgIpc) is 3.17. The zero-order valence-corrected chi connectivity index (χ0v) is 16.6. The van der Waals surface area contributed by atoms with Crippen molar-refractivity contribution in [2.45, 2.75) is 6.92 Å².